The molecule has 1 aromatic carbocycles. The quantitative estimate of drug-likeness (QED) is 0.904. The molecule has 0 aliphatic carbocycles. The molecule has 1 saturated heterocycles. The Labute approximate surface area is 118 Å². The summed E-state index contributed by atoms with van der Waals surface area (Å²) >= 11 is 1.38. The molecule has 1 aliphatic rings. The van der Waals surface area contributed by atoms with Gasteiger partial charge in [0.2, 0.25) is 0 Å². The highest BCUT2D eigenvalue weighted by Gasteiger charge is 2.30. The van der Waals surface area contributed by atoms with Crippen molar-refractivity contribution in [3.05, 3.63) is 23.8 Å². The molecule has 0 bridgehead atoms. The maximum absolute atomic E-state index is 12.6. The maximum Gasteiger partial charge on any atom is 0.416 e. The number of fused-ring (bicyclic) bond motifs is 1. The fraction of sp³-hybridized carbons (Fsp3) is 0.462. The van der Waals surface area contributed by atoms with Gasteiger partial charge >= 0.3 is 6.18 Å². The van der Waals surface area contributed by atoms with Crippen LogP contribution in [0.1, 0.15) is 24.8 Å². The Hall–Kier alpha value is -1.34. The highest BCUT2D eigenvalue weighted by molar-refractivity contribution is 7.22. The predicted octanol–water partition coefficient (Wildman–Crippen LogP) is 4.13. The van der Waals surface area contributed by atoms with Crippen molar-refractivity contribution in [3.8, 4) is 0 Å². The van der Waals surface area contributed by atoms with Crippen LogP contribution in [0.2, 0.25) is 0 Å². The zero-order valence-electron chi connectivity index (χ0n) is 10.7. The SMILES string of the molecule is FC(F)(F)c1ccc2sc(NN3CCCCC3)nc2c1. The minimum Gasteiger partial charge on any atom is -0.294 e. The van der Waals surface area contributed by atoms with E-state index in [4.69, 9.17) is 0 Å². The van der Waals surface area contributed by atoms with Gasteiger partial charge in [-0.1, -0.05) is 17.8 Å². The Bertz CT molecular complexity index is 602. The second-order valence-electron chi connectivity index (χ2n) is 4.86. The molecule has 3 rings (SSSR count). The Morgan fingerprint density at radius 1 is 1.15 bits per heavy atom. The molecule has 1 N–H and O–H groups in total. The monoisotopic (exact) mass is 301 g/mol. The molecule has 0 amide bonds. The average Bonchev–Trinajstić information content (AvgIpc) is 2.80. The van der Waals surface area contributed by atoms with Gasteiger partial charge in [0.15, 0.2) is 5.13 Å². The topological polar surface area (TPSA) is 28.2 Å². The molecule has 7 heteroatoms. The molecule has 3 nitrogen and oxygen atoms in total. The van der Waals surface area contributed by atoms with Crippen LogP contribution in [0, 0.1) is 0 Å². The number of anilines is 1. The van der Waals surface area contributed by atoms with Gasteiger partial charge in [0, 0.05) is 13.1 Å². The fourth-order valence-corrected chi connectivity index (χ4v) is 3.16. The lowest BCUT2D eigenvalue weighted by Crippen LogP contribution is -2.34. The van der Waals surface area contributed by atoms with Gasteiger partial charge in [-0.25, -0.2) is 9.99 Å². The van der Waals surface area contributed by atoms with Gasteiger partial charge in [-0.05, 0) is 31.0 Å². The molecule has 2 aromatic rings. The third-order valence-electron chi connectivity index (χ3n) is 3.32. The van der Waals surface area contributed by atoms with Crippen LogP contribution in [-0.4, -0.2) is 23.1 Å². The van der Waals surface area contributed by atoms with Gasteiger partial charge in [0.05, 0.1) is 15.8 Å². The molecule has 2 heterocycles. The van der Waals surface area contributed by atoms with Crippen LogP contribution in [0.15, 0.2) is 18.2 Å². The fourth-order valence-electron chi connectivity index (χ4n) is 2.29. The van der Waals surface area contributed by atoms with E-state index in [-0.39, 0.29) is 0 Å². The second-order valence-corrected chi connectivity index (χ2v) is 5.89. The molecular weight excluding hydrogens is 287 g/mol. The van der Waals surface area contributed by atoms with Crippen LogP contribution in [0.3, 0.4) is 0 Å². The first-order chi connectivity index (χ1) is 9.52. The molecule has 0 unspecified atom stereocenters. The smallest absolute Gasteiger partial charge is 0.294 e. The summed E-state index contributed by atoms with van der Waals surface area (Å²) < 4.78 is 38.7. The van der Waals surface area contributed by atoms with Crippen molar-refractivity contribution >= 4 is 26.7 Å². The normalized spacial score (nSPS) is 17.6. The van der Waals surface area contributed by atoms with Gasteiger partial charge in [0.1, 0.15) is 0 Å². The lowest BCUT2D eigenvalue weighted by Gasteiger charge is -2.26. The minimum atomic E-state index is -4.32. The Morgan fingerprint density at radius 3 is 2.60 bits per heavy atom. The summed E-state index contributed by atoms with van der Waals surface area (Å²) in [5, 5.41) is 2.73. The number of thiazole rings is 1. The van der Waals surface area contributed by atoms with Gasteiger partial charge in [-0.15, -0.1) is 0 Å². The van der Waals surface area contributed by atoms with Crippen LogP contribution < -0.4 is 5.43 Å². The number of hydrogen-bond acceptors (Lipinski definition) is 4. The average molecular weight is 301 g/mol. The van der Waals surface area contributed by atoms with E-state index >= 15 is 0 Å². The standard InChI is InChI=1S/C13H14F3N3S/c14-13(15,16)9-4-5-11-10(8-9)17-12(20-11)18-19-6-2-1-3-7-19/h4-5,8H,1-3,6-7H2,(H,17,18). The summed E-state index contributed by atoms with van der Waals surface area (Å²) in [7, 11) is 0. The van der Waals surface area contributed by atoms with Crippen molar-refractivity contribution < 1.29 is 13.2 Å². The minimum absolute atomic E-state index is 0.393. The number of hydrazine groups is 1. The largest absolute Gasteiger partial charge is 0.416 e. The van der Waals surface area contributed by atoms with E-state index in [9.17, 15) is 13.2 Å². The molecule has 0 radical (unpaired) electrons. The molecule has 108 valence electrons. The number of rotatable bonds is 2. The Kier molecular flexibility index (Phi) is 3.55. The molecular formula is C13H14F3N3S. The Morgan fingerprint density at radius 2 is 1.90 bits per heavy atom. The van der Waals surface area contributed by atoms with Crippen LogP contribution in [0.4, 0.5) is 18.3 Å². The van der Waals surface area contributed by atoms with Crippen molar-refractivity contribution in [1.29, 1.82) is 0 Å². The van der Waals surface area contributed by atoms with E-state index in [1.54, 1.807) is 0 Å². The van der Waals surface area contributed by atoms with E-state index in [1.807, 2.05) is 0 Å². The number of aromatic nitrogens is 1. The van der Waals surface area contributed by atoms with Crippen LogP contribution in [-0.2, 0) is 6.18 Å². The second kappa shape index (κ2) is 5.21. The number of piperidine rings is 1. The summed E-state index contributed by atoms with van der Waals surface area (Å²) in [4.78, 5) is 4.25. The summed E-state index contributed by atoms with van der Waals surface area (Å²) in [5.74, 6) is 0. The molecule has 0 saturated carbocycles. The summed E-state index contributed by atoms with van der Waals surface area (Å²) in [5.41, 5.74) is 2.93. The number of nitrogens with zero attached hydrogens (tertiary/aromatic N) is 2. The lowest BCUT2D eigenvalue weighted by atomic mass is 10.2. The highest BCUT2D eigenvalue weighted by atomic mass is 32.1. The first kappa shape index (κ1) is 13.6. The van der Waals surface area contributed by atoms with Gasteiger partial charge in [-0.2, -0.15) is 13.2 Å². The van der Waals surface area contributed by atoms with Gasteiger partial charge in [-0.3, -0.25) is 5.43 Å². The molecule has 1 aromatic heterocycles. The summed E-state index contributed by atoms with van der Waals surface area (Å²) in [6.07, 6.45) is -0.822. The van der Waals surface area contributed by atoms with Crippen molar-refractivity contribution in [3.63, 3.8) is 0 Å². The third kappa shape index (κ3) is 2.88. The molecule has 0 spiro atoms. The van der Waals surface area contributed by atoms with E-state index < -0.39 is 11.7 Å². The number of alkyl halides is 3. The lowest BCUT2D eigenvalue weighted by molar-refractivity contribution is -0.137. The van der Waals surface area contributed by atoms with Crippen molar-refractivity contribution in [2.75, 3.05) is 18.5 Å². The first-order valence-corrected chi connectivity index (χ1v) is 7.33. The molecule has 20 heavy (non-hydrogen) atoms. The number of halogens is 3. The molecule has 1 fully saturated rings. The maximum atomic E-state index is 12.6. The van der Waals surface area contributed by atoms with Gasteiger partial charge < -0.3 is 0 Å². The van der Waals surface area contributed by atoms with Crippen molar-refractivity contribution in [2.24, 2.45) is 0 Å². The van der Waals surface area contributed by atoms with Crippen LogP contribution in [0.5, 0.6) is 0 Å². The van der Waals surface area contributed by atoms with Crippen molar-refractivity contribution in [2.45, 2.75) is 25.4 Å². The first-order valence-electron chi connectivity index (χ1n) is 6.52. The number of hydrogen-bond donors (Lipinski definition) is 1. The van der Waals surface area contributed by atoms with E-state index in [0.717, 1.165) is 42.8 Å². The van der Waals surface area contributed by atoms with Crippen LogP contribution >= 0.6 is 11.3 Å². The van der Waals surface area contributed by atoms with Gasteiger partial charge in [0.25, 0.3) is 0 Å². The van der Waals surface area contributed by atoms with E-state index in [1.165, 1.54) is 23.8 Å². The zero-order chi connectivity index (χ0) is 14.2. The van der Waals surface area contributed by atoms with E-state index in [0.29, 0.717) is 10.6 Å². The third-order valence-corrected chi connectivity index (χ3v) is 4.27. The Balaban J connectivity index is 1.83. The zero-order valence-corrected chi connectivity index (χ0v) is 11.5. The molecule has 1 aliphatic heterocycles. The number of benzene rings is 1. The number of nitrogens with one attached hydrogen (secondary N) is 1. The van der Waals surface area contributed by atoms with E-state index in [2.05, 4.69) is 15.4 Å². The van der Waals surface area contributed by atoms with Crippen molar-refractivity contribution in [1.82, 2.24) is 9.99 Å². The molecule has 0 atom stereocenters. The van der Waals surface area contributed by atoms with Crippen LogP contribution in [0.25, 0.3) is 10.2 Å². The summed E-state index contributed by atoms with van der Waals surface area (Å²) in [6.45, 7) is 1.90. The predicted molar refractivity (Wildman–Crippen MR) is 73.7 cm³/mol. The summed E-state index contributed by atoms with van der Waals surface area (Å²) in [6, 6.07) is 3.69. The highest BCUT2D eigenvalue weighted by Crippen LogP contribution is 2.34.